The number of piperidine rings is 1. The molecular formula is C12H22N2OS. The van der Waals surface area contributed by atoms with Crippen molar-refractivity contribution in [1.29, 1.82) is 0 Å². The lowest BCUT2D eigenvalue weighted by Crippen LogP contribution is -2.39. The summed E-state index contributed by atoms with van der Waals surface area (Å²) in [6.07, 6.45) is 4.27. The lowest BCUT2D eigenvalue weighted by molar-refractivity contribution is -0.132. The normalized spacial score (nSPS) is 26.9. The highest BCUT2D eigenvalue weighted by molar-refractivity contribution is 7.99. The SMILES string of the molecule is CN(C(=O)CC1CCNCC1)[C@H]1CCSC1. The largest absolute Gasteiger partial charge is 0.342 e. The maximum Gasteiger partial charge on any atom is 0.222 e. The predicted molar refractivity (Wildman–Crippen MR) is 68.7 cm³/mol. The number of rotatable bonds is 3. The number of hydrogen-bond donors (Lipinski definition) is 1. The lowest BCUT2D eigenvalue weighted by Gasteiger charge is -2.28. The second-order valence-electron chi connectivity index (χ2n) is 4.92. The topological polar surface area (TPSA) is 32.3 Å². The molecule has 2 saturated heterocycles. The molecule has 2 heterocycles. The van der Waals surface area contributed by atoms with Crippen LogP contribution in [0.25, 0.3) is 0 Å². The summed E-state index contributed by atoms with van der Waals surface area (Å²) in [5, 5.41) is 3.34. The Balaban J connectivity index is 1.77. The Morgan fingerprint density at radius 3 is 2.75 bits per heavy atom. The Morgan fingerprint density at radius 1 is 1.38 bits per heavy atom. The molecule has 0 aromatic heterocycles. The molecule has 0 aromatic rings. The summed E-state index contributed by atoms with van der Waals surface area (Å²) in [6, 6.07) is 0.499. The fourth-order valence-corrected chi connectivity index (χ4v) is 3.78. The molecule has 0 saturated carbocycles. The summed E-state index contributed by atoms with van der Waals surface area (Å²) in [4.78, 5) is 14.1. The van der Waals surface area contributed by atoms with Gasteiger partial charge in [0.25, 0.3) is 0 Å². The highest BCUT2D eigenvalue weighted by Crippen LogP contribution is 2.23. The Bertz CT molecular complexity index is 235. The quantitative estimate of drug-likeness (QED) is 0.810. The first kappa shape index (κ1) is 12.2. The molecule has 0 aromatic carbocycles. The molecule has 3 nitrogen and oxygen atoms in total. The average molecular weight is 242 g/mol. The Kier molecular flexibility index (Phi) is 4.53. The first-order chi connectivity index (χ1) is 7.77. The summed E-state index contributed by atoms with van der Waals surface area (Å²) in [5.74, 6) is 3.33. The predicted octanol–water partition coefficient (Wildman–Crippen LogP) is 1.34. The third-order valence-electron chi connectivity index (χ3n) is 3.77. The van der Waals surface area contributed by atoms with E-state index in [1.807, 2.05) is 23.7 Å². The lowest BCUT2D eigenvalue weighted by atomic mass is 9.94. The van der Waals surface area contributed by atoms with Crippen LogP contribution in [-0.4, -0.2) is 48.5 Å². The third kappa shape index (κ3) is 3.14. The van der Waals surface area contributed by atoms with Gasteiger partial charge < -0.3 is 10.2 Å². The van der Waals surface area contributed by atoms with E-state index in [1.165, 1.54) is 25.0 Å². The molecule has 2 fully saturated rings. The van der Waals surface area contributed by atoms with E-state index in [4.69, 9.17) is 0 Å². The van der Waals surface area contributed by atoms with Crippen LogP contribution in [0.4, 0.5) is 0 Å². The van der Waals surface area contributed by atoms with Gasteiger partial charge in [-0.3, -0.25) is 4.79 Å². The van der Waals surface area contributed by atoms with Crippen molar-refractivity contribution in [1.82, 2.24) is 10.2 Å². The van der Waals surface area contributed by atoms with E-state index in [1.54, 1.807) is 0 Å². The van der Waals surface area contributed by atoms with Crippen molar-refractivity contribution in [3.8, 4) is 0 Å². The van der Waals surface area contributed by atoms with Gasteiger partial charge in [0.2, 0.25) is 5.91 Å². The van der Waals surface area contributed by atoms with Gasteiger partial charge in [0.05, 0.1) is 0 Å². The van der Waals surface area contributed by atoms with Crippen molar-refractivity contribution in [3.05, 3.63) is 0 Å². The molecule has 1 atom stereocenters. The van der Waals surface area contributed by atoms with Crippen LogP contribution < -0.4 is 5.32 Å². The fraction of sp³-hybridized carbons (Fsp3) is 0.917. The second kappa shape index (κ2) is 5.92. The van der Waals surface area contributed by atoms with Gasteiger partial charge in [-0.05, 0) is 44.0 Å². The Labute approximate surface area is 102 Å². The zero-order valence-electron chi connectivity index (χ0n) is 10.1. The van der Waals surface area contributed by atoms with E-state index in [9.17, 15) is 4.79 Å². The van der Waals surface area contributed by atoms with E-state index in [0.29, 0.717) is 17.9 Å². The van der Waals surface area contributed by atoms with Gasteiger partial charge in [-0.15, -0.1) is 0 Å². The molecule has 92 valence electrons. The van der Waals surface area contributed by atoms with Gasteiger partial charge in [0, 0.05) is 25.3 Å². The van der Waals surface area contributed by atoms with Crippen molar-refractivity contribution in [2.24, 2.45) is 5.92 Å². The van der Waals surface area contributed by atoms with Crippen molar-refractivity contribution >= 4 is 17.7 Å². The van der Waals surface area contributed by atoms with Crippen molar-refractivity contribution in [3.63, 3.8) is 0 Å². The Hall–Kier alpha value is -0.220. The van der Waals surface area contributed by atoms with Gasteiger partial charge in [-0.2, -0.15) is 11.8 Å². The molecule has 0 aliphatic carbocycles. The molecule has 2 aliphatic rings. The smallest absolute Gasteiger partial charge is 0.222 e. The van der Waals surface area contributed by atoms with Gasteiger partial charge in [-0.1, -0.05) is 0 Å². The number of hydrogen-bond acceptors (Lipinski definition) is 3. The number of nitrogens with one attached hydrogen (secondary N) is 1. The third-order valence-corrected chi connectivity index (χ3v) is 4.91. The van der Waals surface area contributed by atoms with Crippen LogP contribution in [0.2, 0.25) is 0 Å². The first-order valence-corrected chi connectivity index (χ1v) is 7.47. The number of carbonyl (C=O) groups is 1. The van der Waals surface area contributed by atoms with Crippen LogP contribution in [0, 0.1) is 5.92 Å². The maximum atomic E-state index is 12.1. The first-order valence-electron chi connectivity index (χ1n) is 6.31. The standard InChI is InChI=1S/C12H22N2OS/c1-14(11-4-7-16-9-11)12(15)8-10-2-5-13-6-3-10/h10-11,13H,2-9H2,1H3/t11-/m0/s1. The molecular weight excluding hydrogens is 220 g/mol. The van der Waals surface area contributed by atoms with Gasteiger partial charge in [0.1, 0.15) is 0 Å². The molecule has 0 radical (unpaired) electrons. The van der Waals surface area contributed by atoms with Gasteiger partial charge >= 0.3 is 0 Å². The summed E-state index contributed by atoms with van der Waals surface area (Å²) in [5.41, 5.74) is 0. The minimum absolute atomic E-state index is 0.361. The van der Waals surface area contributed by atoms with E-state index in [0.717, 1.165) is 25.3 Å². The number of amides is 1. The summed E-state index contributed by atoms with van der Waals surface area (Å²) in [6.45, 7) is 2.17. The van der Waals surface area contributed by atoms with Crippen molar-refractivity contribution < 1.29 is 4.79 Å². The zero-order chi connectivity index (χ0) is 11.4. The van der Waals surface area contributed by atoms with Gasteiger partial charge in [-0.25, -0.2) is 0 Å². The van der Waals surface area contributed by atoms with Crippen LogP contribution in [0.1, 0.15) is 25.7 Å². The Morgan fingerprint density at radius 2 is 2.12 bits per heavy atom. The van der Waals surface area contributed by atoms with Crippen molar-refractivity contribution in [2.75, 3.05) is 31.6 Å². The highest BCUT2D eigenvalue weighted by Gasteiger charge is 2.25. The van der Waals surface area contributed by atoms with Crippen LogP contribution in [0.3, 0.4) is 0 Å². The number of nitrogens with zero attached hydrogens (tertiary/aromatic N) is 1. The number of thioether (sulfide) groups is 1. The van der Waals surface area contributed by atoms with Crippen molar-refractivity contribution in [2.45, 2.75) is 31.7 Å². The monoisotopic (exact) mass is 242 g/mol. The minimum Gasteiger partial charge on any atom is -0.342 e. The fourth-order valence-electron chi connectivity index (χ4n) is 2.51. The van der Waals surface area contributed by atoms with Crippen LogP contribution >= 0.6 is 11.8 Å². The van der Waals surface area contributed by atoms with Crippen LogP contribution in [0.15, 0.2) is 0 Å². The molecule has 4 heteroatoms. The molecule has 16 heavy (non-hydrogen) atoms. The molecule has 2 aliphatic heterocycles. The van der Waals surface area contributed by atoms with E-state index in [2.05, 4.69) is 5.32 Å². The van der Waals surface area contributed by atoms with Crippen LogP contribution in [0.5, 0.6) is 0 Å². The summed E-state index contributed by atoms with van der Waals surface area (Å²) in [7, 11) is 1.99. The zero-order valence-corrected chi connectivity index (χ0v) is 10.9. The molecule has 1 amide bonds. The molecule has 0 spiro atoms. The maximum absolute atomic E-state index is 12.1. The van der Waals surface area contributed by atoms with E-state index < -0.39 is 0 Å². The summed E-state index contributed by atoms with van der Waals surface area (Å²) < 4.78 is 0. The van der Waals surface area contributed by atoms with E-state index in [-0.39, 0.29) is 0 Å². The highest BCUT2D eigenvalue weighted by atomic mass is 32.2. The second-order valence-corrected chi connectivity index (χ2v) is 6.07. The van der Waals surface area contributed by atoms with Gasteiger partial charge in [0.15, 0.2) is 0 Å². The molecule has 0 unspecified atom stereocenters. The minimum atomic E-state index is 0.361. The molecule has 1 N–H and O–H groups in total. The van der Waals surface area contributed by atoms with E-state index >= 15 is 0 Å². The molecule has 2 rings (SSSR count). The average Bonchev–Trinajstić information content (AvgIpc) is 2.83. The van der Waals surface area contributed by atoms with Crippen LogP contribution in [-0.2, 0) is 4.79 Å². The molecule has 0 bridgehead atoms. The number of carbonyl (C=O) groups excluding carboxylic acids is 1. The summed E-state index contributed by atoms with van der Waals surface area (Å²) >= 11 is 1.97.